The molecule has 0 saturated heterocycles. The van der Waals surface area contributed by atoms with Crippen molar-refractivity contribution in [3.63, 3.8) is 0 Å². The highest BCUT2D eigenvalue weighted by Crippen LogP contribution is 2.51. The van der Waals surface area contributed by atoms with Crippen LogP contribution in [0.3, 0.4) is 0 Å². The molecule has 0 spiro atoms. The predicted molar refractivity (Wildman–Crippen MR) is 92.9 cm³/mol. The zero-order valence-electron chi connectivity index (χ0n) is 13.5. The number of aromatic nitrogens is 1. The maximum atomic E-state index is 14.0. The number of aliphatic hydroxyl groups is 1. The lowest BCUT2D eigenvalue weighted by atomic mass is 9.74. The van der Waals surface area contributed by atoms with Crippen LogP contribution < -0.4 is 0 Å². The third-order valence-electron chi connectivity index (χ3n) is 4.22. The molecular formula is C18H18Cl2F3NO. The molecule has 0 saturated carbocycles. The molecule has 1 aromatic carbocycles. The quantitative estimate of drug-likeness (QED) is 0.643. The second-order valence-corrected chi connectivity index (χ2v) is 6.71. The standard InChI is InChI=1S/C18H18Cl2F3NO/c1-2-3-6-15(14-8-7-13(19)10-16(14)20)17(25,18(21,22)23)12-5-4-9-24-11-12/h4-5,7-11,15,25H,2-3,6H2,1H3. The molecule has 0 aliphatic carbocycles. The number of halogens is 5. The largest absolute Gasteiger partial charge is 0.422 e. The van der Waals surface area contributed by atoms with E-state index >= 15 is 0 Å². The molecule has 1 heterocycles. The smallest absolute Gasteiger partial charge is 0.376 e. The molecule has 1 aromatic heterocycles. The third kappa shape index (κ3) is 4.10. The van der Waals surface area contributed by atoms with E-state index < -0.39 is 17.7 Å². The van der Waals surface area contributed by atoms with Gasteiger partial charge < -0.3 is 5.11 Å². The van der Waals surface area contributed by atoms with Gasteiger partial charge in [-0.2, -0.15) is 13.2 Å². The number of benzene rings is 1. The molecule has 136 valence electrons. The molecule has 2 aromatic rings. The van der Waals surface area contributed by atoms with Gasteiger partial charge in [-0.3, -0.25) is 4.98 Å². The van der Waals surface area contributed by atoms with Gasteiger partial charge in [0.15, 0.2) is 5.60 Å². The van der Waals surface area contributed by atoms with E-state index in [-0.39, 0.29) is 22.6 Å². The highest BCUT2D eigenvalue weighted by molar-refractivity contribution is 6.35. The zero-order valence-corrected chi connectivity index (χ0v) is 15.0. The van der Waals surface area contributed by atoms with Crippen LogP contribution in [0.2, 0.25) is 10.0 Å². The molecule has 0 fully saturated rings. The summed E-state index contributed by atoms with van der Waals surface area (Å²) in [5.41, 5.74) is -3.20. The maximum Gasteiger partial charge on any atom is 0.422 e. The Kier molecular flexibility index (Phi) is 6.35. The number of alkyl halides is 3. The topological polar surface area (TPSA) is 33.1 Å². The van der Waals surface area contributed by atoms with Crippen LogP contribution in [0.4, 0.5) is 13.2 Å². The lowest BCUT2D eigenvalue weighted by Crippen LogP contribution is -2.47. The van der Waals surface area contributed by atoms with Crippen molar-refractivity contribution in [2.24, 2.45) is 0 Å². The summed E-state index contributed by atoms with van der Waals surface area (Å²) in [6.07, 6.45) is -1.21. The summed E-state index contributed by atoms with van der Waals surface area (Å²) < 4.78 is 42.1. The van der Waals surface area contributed by atoms with Gasteiger partial charge in [0.2, 0.25) is 0 Å². The number of unbranched alkanes of at least 4 members (excludes halogenated alkanes) is 1. The van der Waals surface area contributed by atoms with E-state index in [2.05, 4.69) is 4.98 Å². The van der Waals surface area contributed by atoms with Gasteiger partial charge in [0.25, 0.3) is 0 Å². The first-order valence-corrected chi connectivity index (χ1v) is 8.62. The molecule has 25 heavy (non-hydrogen) atoms. The zero-order chi connectivity index (χ0) is 18.7. The molecule has 2 atom stereocenters. The average molecular weight is 392 g/mol. The highest BCUT2D eigenvalue weighted by Gasteiger charge is 2.60. The fraction of sp³-hybridized carbons (Fsp3) is 0.389. The second-order valence-electron chi connectivity index (χ2n) is 5.87. The summed E-state index contributed by atoms with van der Waals surface area (Å²) in [7, 11) is 0. The molecule has 2 rings (SSSR count). The molecule has 0 aliphatic heterocycles. The Morgan fingerprint density at radius 3 is 2.44 bits per heavy atom. The molecule has 1 N–H and O–H groups in total. The van der Waals surface area contributed by atoms with Crippen LogP contribution in [-0.2, 0) is 5.60 Å². The Bertz CT molecular complexity index is 709. The maximum absolute atomic E-state index is 14.0. The van der Waals surface area contributed by atoms with Crippen molar-refractivity contribution in [3.05, 3.63) is 63.9 Å². The number of nitrogens with zero attached hydrogens (tertiary/aromatic N) is 1. The van der Waals surface area contributed by atoms with E-state index in [1.807, 2.05) is 6.92 Å². The fourth-order valence-corrected chi connectivity index (χ4v) is 3.47. The normalized spacial score (nSPS) is 15.6. The van der Waals surface area contributed by atoms with E-state index in [4.69, 9.17) is 23.2 Å². The molecule has 0 aliphatic rings. The molecule has 2 unspecified atom stereocenters. The SMILES string of the molecule is CCCCC(c1ccc(Cl)cc1Cl)C(O)(c1cccnc1)C(F)(F)F. The number of hydrogen-bond acceptors (Lipinski definition) is 2. The Morgan fingerprint density at radius 1 is 1.20 bits per heavy atom. The third-order valence-corrected chi connectivity index (χ3v) is 4.78. The first kappa shape index (κ1) is 20.0. The summed E-state index contributed by atoms with van der Waals surface area (Å²) in [4.78, 5) is 3.74. The van der Waals surface area contributed by atoms with Crippen molar-refractivity contribution in [3.8, 4) is 0 Å². The van der Waals surface area contributed by atoms with Gasteiger partial charge in [0, 0.05) is 33.9 Å². The van der Waals surface area contributed by atoms with E-state index in [1.165, 1.54) is 36.5 Å². The van der Waals surface area contributed by atoms with Crippen LogP contribution in [0.15, 0.2) is 42.7 Å². The van der Waals surface area contributed by atoms with Crippen molar-refractivity contribution in [2.75, 3.05) is 0 Å². The predicted octanol–water partition coefficient (Wildman–Crippen LogP) is 6.11. The monoisotopic (exact) mass is 391 g/mol. The van der Waals surface area contributed by atoms with E-state index in [9.17, 15) is 18.3 Å². The summed E-state index contributed by atoms with van der Waals surface area (Å²) >= 11 is 12.0. The second kappa shape index (κ2) is 7.94. The van der Waals surface area contributed by atoms with E-state index in [0.717, 1.165) is 6.20 Å². The van der Waals surface area contributed by atoms with Crippen LogP contribution in [0.25, 0.3) is 0 Å². The van der Waals surface area contributed by atoms with Crippen molar-refractivity contribution >= 4 is 23.2 Å². The summed E-state index contributed by atoms with van der Waals surface area (Å²) in [6.45, 7) is 1.87. The number of rotatable bonds is 6. The summed E-state index contributed by atoms with van der Waals surface area (Å²) in [5.74, 6) is -1.28. The fourth-order valence-electron chi connectivity index (χ4n) is 2.93. The molecule has 0 bridgehead atoms. The summed E-state index contributed by atoms with van der Waals surface area (Å²) in [6, 6.07) is 6.90. The highest BCUT2D eigenvalue weighted by atomic mass is 35.5. The number of pyridine rings is 1. The van der Waals surface area contributed by atoms with Crippen molar-refractivity contribution in [1.82, 2.24) is 4.98 Å². The van der Waals surface area contributed by atoms with Crippen LogP contribution >= 0.6 is 23.2 Å². The first-order chi connectivity index (χ1) is 11.7. The van der Waals surface area contributed by atoms with Crippen LogP contribution in [0.1, 0.15) is 43.2 Å². The molecule has 0 amide bonds. The number of hydrogen-bond donors (Lipinski definition) is 1. The van der Waals surface area contributed by atoms with Gasteiger partial charge in [-0.1, -0.05) is 55.1 Å². The lowest BCUT2D eigenvalue weighted by molar-refractivity contribution is -0.277. The molecule has 2 nitrogen and oxygen atoms in total. The first-order valence-electron chi connectivity index (χ1n) is 7.86. The lowest BCUT2D eigenvalue weighted by Gasteiger charge is -2.38. The minimum absolute atomic E-state index is 0.0974. The Morgan fingerprint density at radius 2 is 1.92 bits per heavy atom. The summed E-state index contributed by atoms with van der Waals surface area (Å²) in [5, 5.41) is 11.3. The molecule has 7 heteroatoms. The minimum Gasteiger partial charge on any atom is -0.376 e. The Labute approximate surface area is 154 Å². The van der Waals surface area contributed by atoms with Gasteiger partial charge in [0.05, 0.1) is 0 Å². The Hall–Kier alpha value is -1.30. The van der Waals surface area contributed by atoms with Crippen LogP contribution in [0, 0.1) is 0 Å². The molecule has 0 radical (unpaired) electrons. The van der Waals surface area contributed by atoms with Gasteiger partial charge in [-0.25, -0.2) is 0 Å². The van der Waals surface area contributed by atoms with E-state index in [1.54, 1.807) is 0 Å². The van der Waals surface area contributed by atoms with Gasteiger partial charge in [-0.05, 0) is 30.2 Å². The average Bonchev–Trinajstić information content (AvgIpc) is 2.56. The Balaban J connectivity index is 2.66. The van der Waals surface area contributed by atoms with Crippen molar-refractivity contribution in [2.45, 2.75) is 43.9 Å². The van der Waals surface area contributed by atoms with E-state index in [0.29, 0.717) is 17.9 Å². The van der Waals surface area contributed by atoms with Crippen LogP contribution in [0.5, 0.6) is 0 Å². The van der Waals surface area contributed by atoms with Crippen molar-refractivity contribution in [1.29, 1.82) is 0 Å². The van der Waals surface area contributed by atoms with Crippen molar-refractivity contribution < 1.29 is 18.3 Å². The van der Waals surface area contributed by atoms with Gasteiger partial charge >= 0.3 is 6.18 Å². The van der Waals surface area contributed by atoms with Crippen LogP contribution in [-0.4, -0.2) is 16.3 Å². The molecular weight excluding hydrogens is 374 g/mol. The van der Waals surface area contributed by atoms with Gasteiger partial charge in [-0.15, -0.1) is 0 Å². The minimum atomic E-state index is -4.91. The van der Waals surface area contributed by atoms with Gasteiger partial charge in [0.1, 0.15) is 0 Å².